The van der Waals surface area contributed by atoms with Crippen molar-refractivity contribution in [1.29, 1.82) is 0 Å². The van der Waals surface area contributed by atoms with Crippen LogP contribution in [0.2, 0.25) is 0 Å². The molecule has 1 aromatic carbocycles. The van der Waals surface area contributed by atoms with Crippen molar-refractivity contribution in [2.75, 3.05) is 19.6 Å². The predicted octanol–water partition coefficient (Wildman–Crippen LogP) is 3.51. The van der Waals surface area contributed by atoms with Crippen LogP contribution in [0.4, 0.5) is 9.18 Å². The predicted molar refractivity (Wildman–Crippen MR) is 125 cm³/mol. The summed E-state index contributed by atoms with van der Waals surface area (Å²) in [5.74, 6) is -1.01. The van der Waals surface area contributed by atoms with E-state index in [1.807, 2.05) is 62.3 Å². The number of rotatable bonds is 2. The zero-order valence-corrected chi connectivity index (χ0v) is 21.2. The van der Waals surface area contributed by atoms with Crippen LogP contribution in [0.25, 0.3) is 0 Å². The highest BCUT2D eigenvalue weighted by molar-refractivity contribution is 6.62. The summed E-state index contributed by atoms with van der Waals surface area (Å²) in [5.41, 5.74) is -0.377. The molecule has 2 amide bonds. The molecule has 7 nitrogen and oxygen atoms in total. The molecule has 182 valence electrons. The van der Waals surface area contributed by atoms with Gasteiger partial charge in [-0.25, -0.2) is 9.18 Å². The molecule has 0 N–H and O–H groups in total. The van der Waals surface area contributed by atoms with Gasteiger partial charge in [0, 0.05) is 25.7 Å². The van der Waals surface area contributed by atoms with Gasteiger partial charge in [0.05, 0.1) is 16.8 Å². The third-order valence-corrected chi connectivity index (χ3v) is 6.63. The molecule has 0 aliphatic carbocycles. The summed E-state index contributed by atoms with van der Waals surface area (Å²) in [4.78, 5) is 28.8. The Morgan fingerprint density at radius 2 is 1.70 bits per heavy atom. The van der Waals surface area contributed by atoms with Gasteiger partial charge in [0.15, 0.2) is 0 Å². The van der Waals surface area contributed by atoms with Gasteiger partial charge in [-0.3, -0.25) is 4.79 Å². The highest BCUT2D eigenvalue weighted by Crippen LogP contribution is 2.36. The van der Waals surface area contributed by atoms with E-state index in [0.29, 0.717) is 25.1 Å². The fourth-order valence-corrected chi connectivity index (χ4v) is 3.99. The van der Waals surface area contributed by atoms with Crippen molar-refractivity contribution in [3.05, 3.63) is 29.1 Å². The standard InChI is InChI=1S/C24H36BFN2O5/c1-15-12-17(19(26)13-18(15)25-32-23(6,7)24(8,9)33-25)20(29)28-11-10-27(14-16(28)2)21(30)31-22(3,4)5/h12-13,16H,10-11,14H2,1-9H3/t16-/m1/s1. The molecule has 2 aliphatic rings. The highest BCUT2D eigenvalue weighted by Gasteiger charge is 2.52. The lowest BCUT2D eigenvalue weighted by Gasteiger charge is -2.40. The van der Waals surface area contributed by atoms with E-state index in [1.54, 1.807) is 15.9 Å². The maximum Gasteiger partial charge on any atom is 0.495 e. The molecule has 2 aliphatic heterocycles. The van der Waals surface area contributed by atoms with Crippen molar-refractivity contribution in [3.63, 3.8) is 0 Å². The van der Waals surface area contributed by atoms with Crippen LogP contribution in [0.1, 0.15) is 71.3 Å². The smallest absolute Gasteiger partial charge is 0.444 e. The van der Waals surface area contributed by atoms with Crippen LogP contribution in [0.3, 0.4) is 0 Å². The summed E-state index contributed by atoms with van der Waals surface area (Å²) < 4.78 is 32.7. The molecule has 1 atom stereocenters. The van der Waals surface area contributed by atoms with Crippen LogP contribution in [-0.2, 0) is 14.0 Å². The molecular weight excluding hydrogens is 426 g/mol. The Labute approximate surface area is 196 Å². The van der Waals surface area contributed by atoms with Crippen molar-refractivity contribution < 1.29 is 28.0 Å². The molecule has 0 radical (unpaired) electrons. The molecule has 33 heavy (non-hydrogen) atoms. The molecule has 0 aromatic heterocycles. The van der Waals surface area contributed by atoms with Crippen LogP contribution < -0.4 is 5.46 Å². The molecule has 0 spiro atoms. The Bertz CT molecular complexity index is 928. The minimum atomic E-state index is -0.704. The van der Waals surface area contributed by atoms with Crippen LogP contribution in [0.15, 0.2) is 12.1 Å². The maximum absolute atomic E-state index is 15.1. The zero-order valence-electron chi connectivity index (χ0n) is 21.2. The van der Waals surface area contributed by atoms with Gasteiger partial charge in [-0.2, -0.15) is 0 Å². The van der Waals surface area contributed by atoms with Gasteiger partial charge in [0.1, 0.15) is 11.4 Å². The van der Waals surface area contributed by atoms with Gasteiger partial charge >= 0.3 is 13.2 Å². The summed E-state index contributed by atoms with van der Waals surface area (Å²) in [6, 6.07) is 2.62. The molecule has 3 rings (SSSR count). The fraction of sp³-hybridized carbons (Fsp3) is 0.667. The second-order valence-electron chi connectivity index (χ2n) is 11.1. The van der Waals surface area contributed by atoms with Gasteiger partial charge in [0.2, 0.25) is 0 Å². The van der Waals surface area contributed by atoms with Gasteiger partial charge in [0.25, 0.3) is 5.91 Å². The van der Waals surface area contributed by atoms with Crippen LogP contribution in [0, 0.1) is 12.7 Å². The number of nitrogens with zero attached hydrogens (tertiary/aromatic N) is 2. The van der Waals surface area contributed by atoms with Gasteiger partial charge in [-0.15, -0.1) is 0 Å². The molecule has 2 saturated heterocycles. The van der Waals surface area contributed by atoms with E-state index < -0.39 is 41.7 Å². The first-order chi connectivity index (χ1) is 15.0. The van der Waals surface area contributed by atoms with E-state index in [0.717, 1.165) is 5.56 Å². The lowest BCUT2D eigenvalue weighted by atomic mass is 9.75. The molecular formula is C24H36BFN2O5. The van der Waals surface area contributed by atoms with E-state index in [1.165, 1.54) is 6.07 Å². The second-order valence-corrected chi connectivity index (χ2v) is 11.1. The largest absolute Gasteiger partial charge is 0.495 e. The number of carbonyl (C=O) groups excluding carboxylic acids is 2. The Kier molecular flexibility index (Phi) is 6.63. The lowest BCUT2D eigenvalue weighted by Crippen LogP contribution is -2.56. The van der Waals surface area contributed by atoms with Gasteiger partial charge in [-0.1, -0.05) is 5.56 Å². The monoisotopic (exact) mass is 462 g/mol. The average molecular weight is 462 g/mol. The topological polar surface area (TPSA) is 68.3 Å². The molecule has 0 unspecified atom stereocenters. The number of benzene rings is 1. The fourth-order valence-electron chi connectivity index (χ4n) is 3.99. The summed E-state index contributed by atoms with van der Waals surface area (Å²) in [5, 5.41) is 0. The van der Waals surface area contributed by atoms with Crippen molar-refractivity contribution in [1.82, 2.24) is 9.80 Å². The summed E-state index contributed by atoms with van der Waals surface area (Å²) >= 11 is 0. The third kappa shape index (κ3) is 5.19. The Morgan fingerprint density at radius 1 is 1.12 bits per heavy atom. The number of carbonyl (C=O) groups is 2. The summed E-state index contributed by atoms with van der Waals surface area (Å²) in [6.07, 6.45) is -0.407. The van der Waals surface area contributed by atoms with E-state index in [4.69, 9.17) is 14.0 Å². The first-order valence-electron chi connectivity index (χ1n) is 11.5. The quantitative estimate of drug-likeness (QED) is 0.630. The first-order valence-corrected chi connectivity index (χ1v) is 11.5. The van der Waals surface area contributed by atoms with Gasteiger partial charge < -0.3 is 23.8 Å². The van der Waals surface area contributed by atoms with E-state index >= 15 is 4.39 Å². The van der Waals surface area contributed by atoms with E-state index in [9.17, 15) is 9.59 Å². The Morgan fingerprint density at radius 3 is 2.21 bits per heavy atom. The third-order valence-electron chi connectivity index (χ3n) is 6.63. The van der Waals surface area contributed by atoms with Crippen molar-refractivity contribution in [2.24, 2.45) is 0 Å². The number of piperazine rings is 1. The molecule has 0 saturated carbocycles. The molecule has 0 bridgehead atoms. The SMILES string of the molecule is Cc1cc(C(=O)N2CCN(C(=O)OC(C)(C)C)C[C@H]2C)c(F)cc1B1OC(C)(C)C(C)(C)O1. The minimum absolute atomic E-state index is 0.00494. The van der Waals surface area contributed by atoms with E-state index in [2.05, 4.69) is 0 Å². The van der Waals surface area contributed by atoms with E-state index in [-0.39, 0.29) is 11.6 Å². The molecule has 9 heteroatoms. The maximum atomic E-state index is 15.1. The number of halogens is 1. The lowest BCUT2D eigenvalue weighted by molar-refractivity contribution is 0.00578. The summed E-state index contributed by atoms with van der Waals surface area (Å²) in [6.45, 7) is 17.8. The first kappa shape index (κ1) is 25.5. The highest BCUT2D eigenvalue weighted by atomic mass is 19.1. The Hall–Kier alpha value is -2.13. The Balaban J connectivity index is 1.75. The van der Waals surface area contributed by atoms with Crippen molar-refractivity contribution in [2.45, 2.75) is 85.2 Å². The number of aryl methyl sites for hydroxylation is 1. The second kappa shape index (κ2) is 8.58. The van der Waals surface area contributed by atoms with Crippen LogP contribution in [-0.4, -0.2) is 71.4 Å². The van der Waals surface area contributed by atoms with Crippen molar-refractivity contribution in [3.8, 4) is 0 Å². The molecule has 2 fully saturated rings. The van der Waals surface area contributed by atoms with Gasteiger partial charge in [-0.05, 0) is 79.9 Å². The zero-order chi connectivity index (χ0) is 24.9. The number of ether oxygens (including phenoxy) is 1. The number of hydrogen-bond acceptors (Lipinski definition) is 5. The number of hydrogen-bond donors (Lipinski definition) is 0. The van der Waals surface area contributed by atoms with Crippen LogP contribution >= 0.6 is 0 Å². The van der Waals surface area contributed by atoms with Crippen molar-refractivity contribution >= 4 is 24.6 Å². The summed E-state index contributed by atoms with van der Waals surface area (Å²) in [7, 11) is -0.704. The molecule has 1 aromatic rings. The number of amides is 2. The average Bonchev–Trinajstić information content (AvgIpc) is 2.88. The minimum Gasteiger partial charge on any atom is -0.444 e. The normalized spacial score (nSPS) is 22.5. The molecule has 2 heterocycles. The van der Waals surface area contributed by atoms with Crippen LogP contribution in [0.5, 0.6) is 0 Å².